The summed E-state index contributed by atoms with van der Waals surface area (Å²) < 4.78 is 5.56. The number of carboxylic acids is 1. The van der Waals surface area contributed by atoms with Gasteiger partial charge in [0.05, 0.1) is 6.42 Å². The maximum atomic E-state index is 12.4. The van der Waals surface area contributed by atoms with Gasteiger partial charge in [-0.1, -0.05) is 66.7 Å². The first-order valence-corrected chi connectivity index (χ1v) is 11.3. The average Bonchev–Trinajstić information content (AvgIpc) is 3.17. The molecule has 0 aromatic heterocycles. The van der Waals surface area contributed by atoms with Gasteiger partial charge >= 0.3 is 12.1 Å². The Morgan fingerprint density at radius 3 is 2.11 bits per heavy atom. The third-order valence-electron chi connectivity index (χ3n) is 5.95. The minimum atomic E-state index is -1.02. The monoisotopic (exact) mass is 470 g/mol. The zero-order valence-corrected chi connectivity index (χ0v) is 19.3. The van der Waals surface area contributed by atoms with Crippen LogP contribution in [0.5, 0.6) is 0 Å². The Kier molecular flexibility index (Phi) is 7.26. The fourth-order valence-electron chi connectivity index (χ4n) is 4.11. The van der Waals surface area contributed by atoms with Crippen molar-refractivity contribution in [1.82, 2.24) is 5.32 Å². The summed E-state index contributed by atoms with van der Waals surface area (Å²) in [6, 6.07) is 23.2. The summed E-state index contributed by atoms with van der Waals surface area (Å²) in [6.45, 7) is 1.85. The van der Waals surface area contributed by atoms with Crippen LogP contribution in [0.25, 0.3) is 11.1 Å². The number of aliphatic carboxylic acids is 1. The quantitative estimate of drug-likeness (QED) is 0.413. The topological polar surface area (TPSA) is 105 Å². The number of carbonyl (C=O) groups is 3. The number of hydrogen-bond acceptors (Lipinski definition) is 4. The van der Waals surface area contributed by atoms with E-state index in [-0.39, 0.29) is 37.0 Å². The molecule has 0 fully saturated rings. The molecule has 4 rings (SSSR count). The summed E-state index contributed by atoms with van der Waals surface area (Å²) in [5, 5.41) is 14.2. The minimum Gasteiger partial charge on any atom is -0.478 e. The lowest BCUT2D eigenvalue weighted by atomic mass is 9.98. The number of amides is 2. The molecule has 1 aliphatic rings. The molecule has 0 saturated carbocycles. The molecule has 0 spiro atoms. The molecule has 0 bridgehead atoms. The maximum Gasteiger partial charge on any atom is 0.411 e. The Morgan fingerprint density at radius 1 is 0.914 bits per heavy atom. The lowest BCUT2D eigenvalue weighted by Crippen LogP contribution is -2.25. The lowest BCUT2D eigenvalue weighted by Gasteiger charge is -2.14. The summed E-state index contributed by atoms with van der Waals surface area (Å²) in [5.41, 5.74) is 6.14. The van der Waals surface area contributed by atoms with E-state index >= 15 is 0 Å². The second-order valence-corrected chi connectivity index (χ2v) is 8.32. The smallest absolute Gasteiger partial charge is 0.411 e. The first kappa shape index (κ1) is 23.8. The van der Waals surface area contributed by atoms with Crippen LogP contribution in [0.4, 0.5) is 10.5 Å². The molecule has 0 unspecified atom stereocenters. The molecule has 3 N–H and O–H groups in total. The molecule has 0 heterocycles. The Morgan fingerprint density at radius 2 is 1.51 bits per heavy atom. The number of carboxylic acid groups (broad SMARTS) is 1. The molecule has 7 nitrogen and oxygen atoms in total. The zero-order chi connectivity index (χ0) is 24.8. The lowest BCUT2D eigenvalue weighted by molar-refractivity contribution is -0.132. The number of anilines is 1. The summed E-state index contributed by atoms with van der Waals surface area (Å²) >= 11 is 0. The predicted molar refractivity (Wildman–Crippen MR) is 133 cm³/mol. The van der Waals surface area contributed by atoms with Crippen molar-refractivity contribution < 1.29 is 24.2 Å². The van der Waals surface area contributed by atoms with Crippen LogP contribution in [0.1, 0.15) is 29.5 Å². The molecular weight excluding hydrogens is 444 g/mol. The van der Waals surface area contributed by atoms with Gasteiger partial charge in [-0.2, -0.15) is 0 Å². The van der Waals surface area contributed by atoms with E-state index in [2.05, 4.69) is 34.9 Å². The van der Waals surface area contributed by atoms with E-state index in [1.807, 2.05) is 24.3 Å². The van der Waals surface area contributed by atoms with Crippen molar-refractivity contribution in [3.63, 3.8) is 0 Å². The molecule has 7 heteroatoms. The minimum absolute atomic E-state index is 0.0110. The van der Waals surface area contributed by atoms with Gasteiger partial charge in [0.15, 0.2) is 0 Å². The number of benzene rings is 3. The van der Waals surface area contributed by atoms with E-state index in [1.165, 1.54) is 24.1 Å². The van der Waals surface area contributed by atoms with Crippen molar-refractivity contribution in [2.24, 2.45) is 0 Å². The predicted octanol–water partition coefficient (Wildman–Crippen LogP) is 4.74. The van der Waals surface area contributed by atoms with Crippen molar-refractivity contribution in [3.05, 3.63) is 101 Å². The molecule has 178 valence electrons. The number of ether oxygens (including phenoxy) is 1. The highest BCUT2D eigenvalue weighted by Gasteiger charge is 2.29. The van der Waals surface area contributed by atoms with Gasteiger partial charge in [0.25, 0.3) is 0 Å². The molecule has 0 saturated heterocycles. The Hall–Kier alpha value is -4.39. The maximum absolute atomic E-state index is 12.4. The number of rotatable bonds is 8. The largest absolute Gasteiger partial charge is 0.478 e. The van der Waals surface area contributed by atoms with Crippen LogP contribution in [0.3, 0.4) is 0 Å². The third kappa shape index (κ3) is 5.76. The van der Waals surface area contributed by atoms with Gasteiger partial charge in [0, 0.05) is 23.7 Å². The van der Waals surface area contributed by atoms with Gasteiger partial charge in [-0.05, 0) is 46.9 Å². The number of fused-ring (bicyclic) bond motifs is 3. The van der Waals surface area contributed by atoms with Gasteiger partial charge < -0.3 is 15.2 Å². The van der Waals surface area contributed by atoms with Gasteiger partial charge in [-0.15, -0.1) is 0 Å². The van der Waals surface area contributed by atoms with Crippen LogP contribution >= 0.6 is 0 Å². The molecule has 3 aromatic rings. The summed E-state index contributed by atoms with van der Waals surface area (Å²) in [4.78, 5) is 35.2. The SMILES string of the molecule is C/C(=C\CNC(=O)Cc1ccc(NC(=O)OCC2c3ccccc3-c3ccccc32)cc1)C(=O)O. The van der Waals surface area contributed by atoms with Crippen LogP contribution in [0.2, 0.25) is 0 Å². The van der Waals surface area contributed by atoms with Crippen molar-refractivity contribution in [1.29, 1.82) is 0 Å². The molecule has 35 heavy (non-hydrogen) atoms. The van der Waals surface area contributed by atoms with Crippen molar-refractivity contribution in [2.75, 3.05) is 18.5 Å². The van der Waals surface area contributed by atoms with E-state index in [4.69, 9.17) is 9.84 Å². The second kappa shape index (κ2) is 10.7. The van der Waals surface area contributed by atoms with Crippen LogP contribution in [0.15, 0.2) is 84.4 Å². The van der Waals surface area contributed by atoms with Crippen molar-refractivity contribution in [3.8, 4) is 11.1 Å². The third-order valence-corrected chi connectivity index (χ3v) is 5.95. The zero-order valence-electron chi connectivity index (χ0n) is 19.3. The van der Waals surface area contributed by atoms with Crippen molar-refractivity contribution >= 4 is 23.7 Å². The first-order chi connectivity index (χ1) is 16.9. The highest BCUT2D eigenvalue weighted by molar-refractivity contribution is 5.86. The average molecular weight is 471 g/mol. The molecule has 0 aliphatic heterocycles. The normalized spacial score (nSPS) is 12.4. The summed E-state index contributed by atoms with van der Waals surface area (Å²) in [5.74, 6) is -1.25. The van der Waals surface area contributed by atoms with Gasteiger partial charge in [0.1, 0.15) is 6.61 Å². The molecular formula is C28H26N2O5. The van der Waals surface area contributed by atoms with Crippen LogP contribution in [0, 0.1) is 0 Å². The standard InChI is InChI=1S/C28H26N2O5/c1-18(27(32)33)14-15-29-26(31)16-19-10-12-20(13-11-19)30-28(34)35-17-25-23-8-4-2-6-21(23)22-7-3-5-9-24(22)25/h2-14,25H,15-17H2,1H3,(H,29,31)(H,30,34)(H,32,33)/b18-14+. The second-order valence-electron chi connectivity index (χ2n) is 8.32. The Balaban J connectivity index is 1.28. The van der Waals surface area contributed by atoms with Crippen molar-refractivity contribution in [2.45, 2.75) is 19.3 Å². The van der Waals surface area contributed by atoms with E-state index in [1.54, 1.807) is 24.3 Å². The van der Waals surface area contributed by atoms with Crippen LogP contribution < -0.4 is 10.6 Å². The van der Waals surface area contributed by atoms with Gasteiger partial charge in [-0.25, -0.2) is 9.59 Å². The summed E-state index contributed by atoms with van der Waals surface area (Å²) in [6.07, 6.45) is 1.05. The van der Waals surface area contributed by atoms with Crippen LogP contribution in [-0.4, -0.2) is 36.2 Å². The molecule has 0 atom stereocenters. The summed E-state index contributed by atoms with van der Waals surface area (Å²) in [7, 11) is 0. The molecule has 3 aromatic carbocycles. The molecule has 2 amide bonds. The van der Waals surface area contributed by atoms with E-state index in [9.17, 15) is 14.4 Å². The fraction of sp³-hybridized carbons (Fsp3) is 0.179. The highest BCUT2D eigenvalue weighted by Crippen LogP contribution is 2.44. The van der Waals surface area contributed by atoms with Crippen LogP contribution in [-0.2, 0) is 20.7 Å². The van der Waals surface area contributed by atoms with Gasteiger partial charge in [-0.3, -0.25) is 10.1 Å². The number of carbonyl (C=O) groups excluding carboxylic acids is 2. The van der Waals surface area contributed by atoms with E-state index < -0.39 is 12.1 Å². The number of nitrogens with one attached hydrogen (secondary N) is 2. The van der Waals surface area contributed by atoms with E-state index in [0.29, 0.717) is 5.69 Å². The Bertz CT molecular complexity index is 1240. The fourth-order valence-corrected chi connectivity index (χ4v) is 4.11. The highest BCUT2D eigenvalue weighted by atomic mass is 16.5. The molecule has 1 aliphatic carbocycles. The van der Waals surface area contributed by atoms with Gasteiger partial charge in [0.2, 0.25) is 5.91 Å². The Labute approximate surface area is 203 Å². The number of hydrogen-bond donors (Lipinski definition) is 3. The molecule has 0 radical (unpaired) electrons. The van der Waals surface area contributed by atoms with E-state index in [0.717, 1.165) is 16.7 Å². The first-order valence-electron chi connectivity index (χ1n) is 11.3.